The van der Waals surface area contributed by atoms with E-state index >= 15 is 0 Å². The number of fused-ring (bicyclic) bond motifs is 1. The van der Waals surface area contributed by atoms with Crippen molar-refractivity contribution in [2.75, 3.05) is 11.9 Å². The Bertz CT molecular complexity index is 462. The number of pyridine rings is 1. The molecule has 0 saturated heterocycles. The molecule has 0 spiro atoms. The van der Waals surface area contributed by atoms with Gasteiger partial charge >= 0.3 is 0 Å². The summed E-state index contributed by atoms with van der Waals surface area (Å²) >= 11 is 0. The first-order valence-electron chi connectivity index (χ1n) is 5.74. The van der Waals surface area contributed by atoms with Crippen molar-refractivity contribution in [1.82, 2.24) is 4.98 Å². The molecule has 0 radical (unpaired) electrons. The monoisotopic (exact) mass is 218 g/mol. The molecule has 86 valence electrons. The summed E-state index contributed by atoms with van der Waals surface area (Å²) in [5.41, 5.74) is 0.884. The quantitative estimate of drug-likeness (QED) is 0.853. The minimum absolute atomic E-state index is 0.629. The number of anilines is 1. The van der Waals surface area contributed by atoms with E-state index in [0.717, 1.165) is 23.3 Å². The largest absolute Gasteiger partial charge is 0.464 e. The van der Waals surface area contributed by atoms with E-state index in [0.29, 0.717) is 11.8 Å². The highest BCUT2D eigenvalue weighted by atomic mass is 16.3. The summed E-state index contributed by atoms with van der Waals surface area (Å²) in [7, 11) is 0. The average molecular weight is 218 g/mol. The summed E-state index contributed by atoms with van der Waals surface area (Å²) in [5, 5.41) is 4.44. The summed E-state index contributed by atoms with van der Waals surface area (Å²) in [6.07, 6.45) is 3.47. The van der Waals surface area contributed by atoms with Gasteiger partial charge in [0.2, 0.25) is 0 Å². The van der Waals surface area contributed by atoms with Crippen LogP contribution in [0.5, 0.6) is 0 Å². The van der Waals surface area contributed by atoms with Crippen LogP contribution in [0.25, 0.3) is 11.0 Å². The molecule has 0 aromatic carbocycles. The number of hydrogen-bond acceptors (Lipinski definition) is 3. The fourth-order valence-corrected chi connectivity index (χ4v) is 1.53. The van der Waals surface area contributed by atoms with Crippen LogP contribution in [0.2, 0.25) is 0 Å². The van der Waals surface area contributed by atoms with Crippen LogP contribution in [0.1, 0.15) is 20.8 Å². The van der Waals surface area contributed by atoms with Crippen LogP contribution in [-0.4, -0.2) is 11.5 Å². The van der Waals surface area contributed by atoms with Gasteiger partial charge in [0.1, 0.15) is 11.4 Å². The molecule has 0 fully saturated rings. The minimum atomic E-state index is 0.629. The van der Waals surface area contributed by atoms with Crippen LogP contribution in [-0.2, 0) is 0 Å². The maximum absolute atomic E-state index is 5.33. The third-order valence-electron chi connectivity index (χ3n) is 3.11. The molecular formula is C13H18N2O. The first-order valence-corrected chi connectivity index (χ1v) is 5.74. The SMILES string of the molecule is CC(C)C(C)CNc1nccc2occc12. The van der Waals surface area contributed by atoms with E-state index in [1.165, 1.54) is 0 Å². The van der Waals surface area contributed by atoms with Crippen LogP contribution in [0.15, 0.2) is 29.0 Å². The van der Waals surface area contributed by atoms with Gasteiger partial charge in [0.25, 0.3) is 0 Å². The number of hydrogen-bond donors (Lipinski definition) is 1. The van der Waals surface area contributed by atoms with Gasteiger partial charge in [-0.2, -0.15) is 0 Å². The van der Waals surface area contributed by atoms with Gasteiger partial charge in [-0.1, -0.05) is 20.8 Å². The van der Waals surface area contributed by atoms with Gasteiger partial charge in [-0.05, 0) is 24.0 Å². The first kappa shape index (κ1) is 11.0. The van der Waals surface area contributed by atoms with E-state index < -0.39 is 0 Å². The Hall–Kier alpha value is -1.51. The van der Waals surface area contributed by atoms with Crippen molar-refractivity contribution in [3.63, 3.8) is 0 Å². The smallest absolute Gasteiger partial charge is 0.139 e. The zero-order valence-corrected chi connectivity index (χ0v) is 10.0. The molecule has 2 rings (SSSR count). The van der Waals surface area contributed by atoms with Crippen molar-refractivity contribution in [1.29, 1.82) is 0 Å². The lowest BCUT2D eigenvalue weighted by molar-refractivity contribution is 0.439. The maximum atomic E-state index is 5.33. The Morgan fingerprint density at radius 1 is 1.31 bits per heavy atom. The Balaban J connectivity index is 2.12. The lowest BCUT2D eigenvalue weighted by atomic mass is 9.98. The van der Waals surface area contributed by atoms with Crippen LogP contribution in [0, 0.1) is 11.8 Å². The standard InChI is InChI=1S/C13H18N2O/c1-9(2)10(3)8-15-13-11-5-7-16-12(11)4-6-14-13/h4-7,9-10H,8H2,1-3H3,(H,14,15). The number of nitrogens with one attached hydrogen (secondary N) is 1. The third-order valence-corrected chi connectivity index (χ3v) is 3.11. The van der Waals surface area contributed by atoms with Gasteiger partial charge in [0.15, 0.2) is 0 Å². The molecule has 1 atom stereocenters. The number of aromatic nitrogens is 1. The summed E-state index contributed by atoms with van der Waals surface area (Å²) in [4.78, 5) is 4.34. The number of rotatable bonds is 4. The van der Waals surface area contributed by atoms with Crippen LogP contribution >= 0.6 is 0 Å². The lowest BCUT2D eigenvalue weighted by Crippen LogP contribution is -2.16. The third kappa shape index (κ3) is 2.18. The average Bonchev–Trinajstić information content (AvgIpc) is 2.73. The van der Waals surface area contributed by atoms with Crippen LogP contribution < -0.4 is 5.32 Å². The van der Waals surface area contributed by atoms with Gasteiger partial charge in [-0.3, -0.25) is 0 Å². The van der Waals surface area contributed by atoms with Gasteiger partial charge in [0.05, 0.1) is 11.6 Å². The molecule has 3 heteroatoms. The highest BCUT2D eigenvalue weighted by molar-refractivity contribution is 5.87. The molecule has 0 bridgehead atoms. The predicted octanol–water partition coefficient (Wildman–Crippen LogP) is 3.53. The second kappa shape index (κ2) is 4.56. The van der Waals surface area contributed by atoms with E-state index in [2.05, 4.69) is 31.1 Å². The van der Waals surface area contributed by atoms with Gasteiger partial charge < -0.3 is 9.73 Å². The second-order valence-corrected chi connectivity index (χ2v) is 4.59. The van der Waals surface area contributed by atoms with Crippen molar-refractivity contribution < 1.29 is 4.42 Å². The fourth-order valence-electron chi connectivity index (χ4n) is 1.53. The second-order valence-electron chi connectivity index (χ2n) is 4.59. The molecular weight excluding hydrogens is 200 g/mol. The molecule has 1 N–H and O–H groups in total. The van der Waals surface area contributed by atoms with E-state index in [4.69, 9.17) is 4.42 Å². The zero-order valence-electron chi connectivity index (χ0n) is 10.0. The normalized spacial score (nSPS) is 13.2. The van der Waals surface area contributed by atoms with Crippen LogP contribution in [0.4, 0.5) is 5.82 Å². The summed E-state index contributed by atoms with van der Waals surface area (Å²) in [6, 6.07) is 3.83. The summed E-state index contributed by atoms with van der Waals surface area (Å²) in [5.74, 6) is 2.22. The molecule has 0 aliphatic rings. The molecule has 16 heavy (non-hydrogen) atoms. The first-order chi connectivity index (χ1) is 7.68. The molecule has 0 saturated carbocycles. The molecule has 0 aliphatic heterocycles. The van der Waals surface area contributed by atoms with Crippen molar-refractivity contribution in [2.24, 2.45) is 11.8 Å². The zero-order chi connectivity index (χ0) is 11.5. The van der Waals surface area contributed by atoms with Gasteiger partial charge in [-0.15, -0.1) is 0 Å². The molecule has 2 heterocycles. The van der Waals surface area contributed by atoms with E-state index in [-0.39, 0.29) is 0 Å². The van der Waals surface area contributed by atoms with Crippen molar-refractivity contribution in [3.8, 4) is 0 Å². The van der Waals surface area contributed by atoms with Crippen molar-refractivity contribution in [3.05, 3.63) is 24.6 Å². The minimum Gasteiger partial charge on any atom is -0.464 e. The van der Waals surface area contributed by atoms with Gasteiger partial charge in [0, 0.05) is 12.7 Å². The Morgan fingerprint density at radius 2 is 2.12 bits per heavy atom. The highest BCUT2D eigenvalue weighted by Gasteiger charge is 2.09. The fraction of sp³-hybridized carbons (Fsp3) is 0.462. The lowest BCUT2D eigenvalue weighted by Gasteiger charge is -2.16. The van der Waals surface area contributed by atoms with E-state index in [1.807, 2.05) is 12.1 Å². The predicted molar refractivity (Wildman–Crippen MR) is 66.5 cm³/mol. The van der Waals surface area contributed by atoms with E-state index in [1.54, 1.807) is 12.5 Å². The highest BCUT2D eigenvalue weighted by Crippen LogP contribution is 2.22. The van der Waals surface area contributed by atoms with Crippen molar-refractivity contribution >= 4 is 16.8 Å². The summed E-state index contributed by atoms with van der Waals surface area (Å²) in [6.45, 7) is 7.65. The molecule has 3 nitrogen and oxygen atoms in total. The van der Waals surface area contributed by atoms with Crippen LogP contribution in [0.3, 0.4) is 0 Å². The molecule has 2 aromatic heterocycles. The molecule has 2 aromatic rings. The maximum Gasteiger partial charge on any atom is 0.139 e. The Labute approximate surface area is 95.9 Å². The van der Waals surface area contributed by atoms with Crippen molar-refractivity contribution in [2.45, 2.75) is 20.8 Å². The topological polar surface area (TPSA) is 38.1 Å². The number of furan rings is 1. The van der Waals surface area contributed by atoms with Gasteiger partial charge in [-0.25, -0.2) is 4.98 Å². The summed E-state index contributed by atoms with van der Waals surface area (Å²) < 4.78 is 5.33. The molecule has 0 aliphatic carbocycles. The molecule has 0 amide bonds. The Morgan fingerprint density at radius 3 is 2.88 bits per heavy atom. The van der Waals surface area contributed by atoms with E-state index in [9.17, 15) is 0 Å². The Kier molecular flexibility index (Phi) is 3.13. The number of nitrogens with zero attached hydrogens (tertiary/aromatic N) is 1. The molecule has 1 unspecified atom stereocenters.